The number of alkyl halides is 3. The van der Waals surface area contributed by atoms with Crippen molar-refractivity contribution in [1.82, 2.24) is 0 Å². The van der Waals surface area contributed by atoms with Crippen molar-refractivity contribution in [3.8, 4) is 11.8 Å². The molecule has 1 rings (SSSR count). The third kappa shape index (κ3) is 5.63. The summed E-state index contributed by atoms with van der Waals surface area (Å²) in [6.45, 7) is 2.70. The number of rotatable bonds is 6. The molecule has 0 saturated carbocycles. The zero-order valence-corrected chi connectivity index (χ0v) is 13.5. The van der Waals surface area contributed by atoms with Crippen LogP contribution in [0.3, 0.4) is 0 Å². The molecule has 0 radical (unpaired) electrons. The van der Waals surface area contributed by atoms with Crippen LogP contribution >= 0.6 is 11.6 Å². The number of nitriles is 1. The summed E-state index contributed by atoms with van der Waals surface area (Å²) in [5.74, 6) is -2.03. The summed E-state index contributed by atoms with van der Waals surface area (Å²) in [4.78, 5) is 11.7. The Balaban J connectivity index is 3.40. The van der Waals surface area contributed by atoms with E-state index in [0.717, 1.165) is 13.2 Å². The molecule has 0 aliphatic carbocycles. The minimum absolute atomic E-state index is 0.0822. The van der Waals surface area contributed by atoms with Gasteiger partial charge >= 0.3 is 6.18 Å². The predicted octanol–water partition coefficient (Wildman–Crippen LogP) is 4.55. The number of allylic oxidation sites excluding steroid dienone is 3. The number of ketones is 1. The van der Waals surface area contributed by atoms with Crippen molar-refractivity contribution >= 4 is 17.4 Å². The minimum atomic E-state index is -4.84. The second-order valence-corrected chi connectivity index (χ2v) is 4.88. The average Bonchev–Trinajstić information content (AvgIpc) is 2.48. The number of hydrogen-bond donors (Lipinski definition) is 0. The normalized spacial score (nSPS) is 12.5. The summed E-state index contributed by atoms with van der Waals surface area (Å²) in [6, 6.07) is 5.48. The molecule has 1 aromatic carbocycles. The van der Waals surface area contributed by atoms with Crippen molar-refractivity contribution in [2.24, 2.45) is 0 Å². The van der Waals surface area contributed by atoms with Gasteiger partial charge in [-0.3, -0.25) is 4.79 Å². The van der Waals surface area contributed by atoms with Gasteiger partial charge in [0.15, 0.2) is 11.5 Å². The Morgan fingerprint density at radius 3 is 2.54 bits per heavy atom. The fourth-order valence-electron chi connectivity index (χ4n) is 1.63. The maximum absolute atomic E-state index is 13.2. The second kappa shape index (κ2) is 8.41. The first kappa shape index (κ1) is 19.6. The van der Waals surface area contributed by atoms with Crippen LogP contribution in [0.4, 0.5) is 13.2 Å². The standard InChI is InChI=1S/C16H13ClF3NO3/c1-3-23-5-4-14(16(18,19)20)15(10(2)22)24-13-7-11(9-21)6-12(17)8-13/h4-8H,3H2,1-2H3/b5-4+,15-14?. The number of carbonyl (C=O) groups excluding carboxylic acids is 1. The summed E-state index contributed by atoms with van der Waals surface area (Å²) in [7, 11) is 0. The average molecular weight is 360 g/mol. The Kier molecular flexibility index (Phi) is 6.86. The van der Waals surface area contributed by atoms with Gasteiger partial charge < -0.3 is 9.47 Å². The molecule has 0 saturated heterocycles. The van der Waals surface area contributed by atoms with Crippen LogP contribution in [0.5, 0.6) is 5.75 Å². The van der Waals surface area contributed by atoms with E-state index in [2.05, 4.69) is 0 Å². The molecule has 0 atom stereocenters. The highest BCUT2D eigenvalue weighted by atomic mass is 35.5. The predicted molar refractivity (Wildman–Crippen MR) is 81.3 cm³/mol. The quantitative estimate of drug-likeness (QED) is 0.425. The van der Waals surface area contributed by atoms with E-state index >= 15 is 0 Å². The molecule has 0 unspecified atom stereocenters. The van der Waals surface area contributed by atoms with Crippen LogP contribution in [-0.4, -0.2) is 18.6 Å². The van der Waals surface area contributed by atoms with Crippen molar-refractivity contribution in [2.45, 2.75) is 20.0 Å². The zero-order chi connectivity index (χ0) is 18.3. The molecule has 0 spiro atoms. The summed E-state index contributed by atoms with van der Waals surface area (Å²) >= 11 is 5.78. The lowest BCUT2D eigenvalue weighted by Crippen LogP contribution is -2.19. The fraction of sp³-hybridized carbons (Fsp3) is 0.250. The van der Waals surface area contributed by atoms with Gasteiger partial charge in [0, 0.05) is 11.9 Å². The monoisotopic (exact) mass is 359 g/mol. The van der Waals surface area contributed by atoms with Gasteiger partial charge in [-0.15, -0.1) is 0 Å². The Labute approximate surface area is 141 Å². The van der Waals surface area contributed by atoms with Gasteiger partial charge in [-0.1, -0.05) is 11.6 Å². The number of hydrogen-bond acceptors (Lipinski definition) is 4. The second-order valence-electron chi connectivity index (χ2n) is 4.44. The lowest BCUT2D eigenvalue weighted by Gasteiger charge is -2.14. The molecule has 0 amide bonds. The van der Waals surface area contributed by atoms with E-state index in [1.165, 1.54) is 18.2 Å². The van der Waals surface area contributed by atoms with Crippen LogP contribution < -0.4 is 4.74 Å². The van der Waals surface area contributed by atoms with Crippen molar-refractivity contribution < 1.29 is 27.4 Å². The van der Waals surface area contributed by atoms with Gasteiger partial charge in [0.1, 0.15) is 11.3 Å². The maximum atomic E-state index is 13.2. The van der Waals surface area contributed by atoms with E-state index < -0.39 is 23.3 Å². The molecule has 0 N–H and O–H groups in total. The Bertz CT molecular complexity index is 718. The van der Waals surface area contributed by atoms with Crippen molar-refractivity contribution in [2.75, 3.05) is 6.61 Å². The molecular weight excluding hydrogens is 347 g/mol. The van der Waals surface area contributed by atoms with Crippen molar-refractivity contribution in [3.05, 3.63) is 52.5 Å². The molecule has 1 aromatic rings. The fourth-order valence-corrected chi connectivity index (χ4v) is 1.86. The highest BCUT2D eigenvalue weighted by molar-refractivity contribution is 6.30. The van der Waals surface area contributed by atoms with E-state index in [0.29, 0.717) is 6.08 Å². The van der Waals surface area contributed by atoms with Gasteiger partial charge in [0.2, 0.25) is 0 Å². The summed E-state index contributed by atoms with van der Waals surface area (Å²) in [5, 5.41) is 8.95. The molecule has 0 fully saturated rings. The van der Waals surface area contributed by atoms with Gasteiger partial charge in [-0.05, 0) is 31.2 Å². The zero-order valence-electron chi connectivity index (χ0n) is 12.8. The van der Waals surface area contributed by atoms with E-state index in [4.69, 9.17) is 26.3 Å². The van der Waals surface area contributed by atoms with Crippen LogP contribution in [0.2, 0.25) is 5.02 Å². The first-order valence-corrected chi connectivity index (χ1v) is 7.06. The third-order valence-corrected chi connectivity index (χ3v) is 2.81. The largest absolute Gasteiger partial charge is 0.501 e. The highest BCUT2D eigenvalue weighted by Crippen LogP contribution is 2.32. The molecule has 8 heteroatoms. The smallest absolute Gasteiger partial charge is 0.420 e. The van der Waals surface area contributed by atoms with Crippen molar-refractivity contribution in [3.63, 3.8) is 0 Å². The first-order chi connectivity index (χ1) is 11.2. The number of Topliss-reactive ketones (excluding diaryl/α,β-unsaturated/α-hetero) is 1. The summed E-state index contributed by atoms with van der Waals surface area (Å²) in [5.41, 5.74) is -1.22. The van der Waals surface area contributed by atoms with Crippen LogP contribution in [0.25, 0.3) is 0 Å². The topological polar surface area (TPSA) is 59.3 Å². The van der Waals surface area contributed by atoms with Gasteiger partial charge in [0.25, 0.3) is 0 Å². The molecule has 0 aliphatic rings. The SMILES string of the molecule is CCO/C=C/C(=C(Oc1cc(Cl)cc(C#N)c1)C(C)=O)C(F)(F)F. The molecule has 0 heterocycles. The third-order valence-electron chi connectivity index (χ3n) is 2.59. The summed E-state index contributed by atoms with van der Waals surface area (Å²) < 4.78 is 49.5. The van der Waals surface area contributed by atoms with Gasteiger partial charge in [-0.2, -0.15) is 18.4 Å². The van der Waals surface area contributed by atoms with E-state index in [1.54, 1.807) is 13.0 Å². The van der Waals surface area contributed by atoms with Crippen LogP contribution in [0.15, 0.2) is 41.9 Å². The molecule has 0 aliphatic heterocycles. The van der Waals surface area contributed by atoms with E-state index in [9.17, 15) is 18.0 Å². The molecular formula is C16H13ClF3NO3. The lowest BCUT2D eigenvalue weighted by atomic mass is 10.1. The van der Waals surface area contributed by atoms with Crippen LogP contribution in [0, 0.1) is 11.3 Å². The molecule has 4 nitrogen and oxygen atoms in total. The molecule has 24 heavy (non-hydrogen) atoms. The Morgan fingerprint density at radius 1 is 1.38 bits per heavy atom. The Morgan fingerprint density at radius 2 is 2.04 bits per heavy atom. The van der Waals surface area contributed by atoms with Crippen molar-refractivity contribution in [1.29, 1.82) is 5.26 Å². The van der Waals surface area contributed by atoms with Gasteiger partial charge in [0.05, 0.1) is 24.5 Å². The molecule has 0 bridgehead atoms. The van der Waals surface area contributed by atoms with Gasteiger partial charge in [-0.25, -0.2) is 0 Å². The number of nitrogens with zero attached hydrogens (tertiary/aromatic N) is 1. The maximum Gasteiger partial charge on any atom is 0.420 e. The number of ether oxygens (including phenoxy) is 2. The molecule has 128 valence electrons. The highest BCUT2D eigenvalue weighted by Gasteiger charge is 2.37. The molecule has 0 aromatic heterocycles. The van der Waals surface area contributed by atoms with E-state index in [-0.39, 0.29) is 22.9 Å². The lowest BCUT2D eigenvalue weighted by molar-refractivity contribution is -0.118. The minimum Gasteiger partial charge on any atom is -0.501 e. The van der Waals surface area contributed by atoms with Crippen LogP contribution in [0.1, 0.15) is 19.4 Å². The van der Waals surface area contributed by atoms with Crippen LogP contribution in [-0.2, 0) is 9.53 Å². The van der Waals surface area contributed by atoms with E-state index in [1.807, 2.05) is 0 Å². The number of benzene rings is 1. The number of halogens is 4. The number of carbonyl (C=O) groups is 1. The first-order valence-electron chi connectivity index (χ1n) is 6.68. The Hall–Kier alpha value is -2.46. The summed E-state index contributed by atoms with van der Waals surface area (Å²) in [6.07, 6.45) is -3.41.